The second-order valence-electron chi connectivity index (χ2n) is 3.35. The van der Waals surface area contributed by atoms with Gasteiger partial charge < -0.3 is 10.4 Å². The van der Waals surface area contributed by atoms with Crippen molar-refractivity contribution in [3.63, 3.8) is 0 Å². The number of anilines is 1. The van der Waals surface area contributed by atoms with E-state index in [1.54, 1.807) is 0 Å². The van der Waals surface area contributed by atoms with E-state index in [1.807, 2.05) is 0 Å². The Hall–Kier alpha value is -2.77. The molecule has 1 amide bonds. The van der Waals surface area contributed by atoms with E-state index in [9.17, 15) is 9.59 Å². The summed E-state index contributed by atoms with van der Waals surface area (Å²) in [6, 6.07) is 4.35. The van der Waals surface area contributed by atoms with Crippen LogP contribution in [0.3, 0.4) is 0 Å². The monoisotopic (exact) mass is 247 g/mol. The summed E-state index contributed by atoms with van der Waals surface area (Å²) in [6.07, 6.45) is 2.72. The molecule has 0 unspecified atom stereocenters. The van der Waals surface area contributed by atoms with Crippen LogP contribution in [0, 0.1) is 0 Å². The summed E-state index contributed by atoms with van der Waals surface area (Å²) in [5.74, 6) is -1.34. The van der Waals surface area contributed by atoms with Crippen LogP contribution in [0.25, 0.3) is 0 Å². The van der Waals surface area contributed by atoms with E-state index in [4.69, 9.17) is 5.11 Å². The molecule has 2 aromatic rings. The maximum Gasteiger partial charge on any atom is 0.354 e. The molecule has 92 valence electrons. The van der Waals surface area contributed by atoms with Gasteiger partial charge in [-0.05, 0) is 12.1 Å². The Morgan fingerprint density at radius 3 is 2.89 bits per heavy atom. The fourth-order valence-electron chi connectivity index (χ4n) is 1.27. The number of hydrogen-bond acceptors (Lipinski definition) is 5. The van der Waals surface area contributed by atoms with Crippen LogP contribution in [0.15, 0.2) is 30.9 Å². The van der Waals surface area contributed by atoms with Crippen molar-refractivity contribution in [3.05, 3.63) is 36.5 Å². The summed E-state index contributed by atoms with van der Waals surface area (Å²) in [6.45, 7) is -0.0149. The number of hydrogen-bond donors (Lipinski definition) is 2. The molecule has 0 aliphatic heterocycles. The normalized spacial score (nSPS) is 10.0. The number of carbonyl (C=O) groups is 2. The summed E-state index contributed by atoms with van der Waals surface area (Å²) in [5, 5.41) is 15.0. The Balaban J connectivity index is 2.03. The van der Waals surface area contributed by atoms with Gasteiger partial charge in [-0.3, -0.25) is 4.79 Å². The number of carboxylic acids is 1. The number of carbonyl (C=O) groups excluding carboxylic acids is 1. The van der Waals surface area contributed by atoms with Gasteiger partial charge in [-0.15, -0.1) is 0 Å². The van der Waals surface area contributed by atoms with Crippen LogP contribution in [-0.4, -0.2) is 36.7 Å². The molecule has 2 N–H and O–H groups in total. The molecule has 0 saturated carbocycles. The van der Waals surface area contributed by atoms with Crippen molar-refractivity contribution in [2.24, 2.45) is 0 Å². The third kappa shape index (κ3) is 2.88. The molecule has 8 nitrogen and oxygen atoms in total. The average molecular weight is 247 g/mol. The minimum atomic E-state index is -1.15. The highest BCUT2D eigenvalue weighted by Gasteiger charge is 2.08. The van der Waals surface area contributed by atoms with E-state index in [2.05, 4.69) is 20.4 Å². The highest BCUT2D eigenvalue weighted by atomic mass is 16.4. The van der Waals surface area contributed by atoms with Gasteiger partial charge in [0.05, 0.1) is 0 Å². The number of carboxylic acid groups (broad SMARTS) is 1. The third-order valence-corrected chi connectivity index (χ3v) is 2.01. The van der Waals surface area contributed by atoms with Gasteiger partial charge in [-0.25, -0.2) is 19.4 Å². The molecule has 2 rings (SSSR count). The van der Waals surface area contributed by atoms with Crippen molar-refractivity contribution in [1.82, 2.24) is 19.7 Å². The molecule has 0 atom stereocenters. The van der Waals surface area contributed by atoms with Crippen LogP contribution >= 0.6 is 0 Å². The van der Waals surface area contributed by atoms with Gasteiger partial charge >= 0.3 is 5.97 Å². The molecule has 8 heteroatoms. The SMILES string of the molecule is O=C(Cn1cncn1)Nc1cccc(C(=O)O)n1. The molecule has 18 heavy (non-hydrogen) atoms. The zero-order valence-electron chi connectivity index (χ0n) is 9.15. The highest BCUT2D eigenvalue weighted by Crippen LogP contribution is 2.04. The van der Waals surface area contributed by atoms with Crippen molar-refractivity contribution in [1.29, 1.82) is 0 Å². The molecule has 0 aromatic carbocycles. The van der Waals surface area contributed by atoms with Gasteiger partial charge in [0.1, 0.15) is 25.0 Å². The lowest BCUT2D eigenvalue weighted by molar-refractivity contribution is -0.116. The second kappa shape index (κ2) is 5.04. The number of nitrogens with zero attached hydrogens (tertiary/aromatic N) is 4. The Kier molecular flexibility index (Phi) is 3.28. The lowest BCUT2D eigenvalue weighted by atomic mass is 10.3. The first-order valence-electron chi connectivity index (χ1n) is 4.98. The topological polar surface area (TPSA) is 110 Å². The van der Waals surface area contributed by atoms with Gasteiger partial charge in [0.15, 0.2) is 5.69 Å². The van der Waals surface area contributed by atoms with E-state index >= 15 is 0 Å². The molecule has 0 fully saturated rings. The Morgan fingerprint density at radius 2 is 2.22 bits per heavy atom. The van der Waals surface area contributed by atoms with Crippen molar-refractivity contribution < 1.29 is 14.7 Å². The van der Waals surface area contributed by atoms with E-state index < -0.39 is 5.97 Å². The van der Waals surface area contributed by atoms with E-state index in [-0.39, 0.29) is 24.0 Å². The maximum absolute atomic E-state index is 11.6. The number of pyridine rings is 1. The predicted molar refractivity (Wildman–Crippen MR) is 59.8 cm³/mol. The summed E-state index contributed by atoms with van der Waals surface area (Å²) >= 11 is 0. The summed E-state index contributed by atoms with van der Waals surface area (Å²) in [5.41, 5.74) is -0.131. The van der Waals surface area contributed by atoms with Crippen molar-refractivity contribution in [3.8, 4) is 0 Å². The van der Waals surface area contributed by atoms with Crippen LogP contribution in [0.1, 0.15) is 10.5 Å². The van der Waals surface area contributed by atoms with Crippen LogP contribution < -0.4 is 5.32 Å². The smallest absolute Gasteiger partial charge is 0.354 e. The largest absolute Gasteiger partial charge is 0.477 e. The predicted octanol–water partition coefficient (Wildman–Crippen LogP) is 0.01000. The van der Waals surface area contributed by atoms with Gasteiger partial charge in [-0.1, -0.05) is 6.07 Å². The standard InChI is InChI=1S/C10H9N5O3/c16-9(4-15-6-11-5-12-15)14-8-3-1-2-7(13-8)10(17)18/h1-3,5-6H,4H2,(H,17,18)(H,13,14,16). The average Bonchev–Trinajstić information content (AvgIpc) is 2.82. The maximum atomic E-state index is 11.6. The van der Waals surface area contributed by atoms with Gasteiger partial charge in [0.2, 0.25) is 5.91 Å². The molecular weight excluding hydrogens is 238 g/mol. The van der Waals surface area contributed by atoms with Gasteiger partial charge in [-0.2, -0.15) is 5.10 Å². The molecule has 0 spiro atoms. The van der Waals surface area contributed by atoms with E-state index in [1.165, 1.54) is 35.5 Å². The number of rotatable bonds is 4. The fraction of sp³-hybridized carbons (Fsp3) is 0.100. The summed E-state index contributed by atoms with van der Waals surface area (Å²) in [4.78, 5) is 29.7. The molecule has 0 saturated heterocycles. The minimum absolute atomic E-state index is 0.0149. The molecule has 0 aliphatic rings. The lowest BCUT2D eigenvalue weighted by Gasteiger charge is -2.04. The number of nitrogens with one attached hydrogen (secondary N) is 1. The first-order valence-corrected chi connectivity index (χ1v) is 4.98. The Labute approximate surface area is 101 Å². The van der Waals surface area contributed by atoms with Crippen LogP contribution in [0.4, 0.5) is 5.82 Å². The minimum Gasteiger partial charge on any atom is -0.477 e. The van der Waals surface area contributed by atoms with Crippen LogP contribution in [-0.2, 0) is 11.3 Å². The van der Waals surface area contributed by atoms with E-state index in [0.717, 1.165) is 0 Å². The number of aromatic carboxylic acids is 1. The lowest BCUT2D eigenvalue weighted by Crippen LogP contribution is -2.20. The highest BCUT2D eigenvalue weighted by molar-refractivity contribution is 5.91. The zero-order valence-corrected chi connectivity index (χ0v) is 9.15. The number of amides is 1. The van der Waals surface area contributed by atoms with E-state index in [0.29, 0.717) is 0 Å². The first kappa shape index (κ1) is 11.7. The molecular formula is C10H9N5O3. The van der Waals surface area contributed by atoms with Crippen molar-refractivity contribution in [2.45, 2.75) is 6.54 Å². The van der Waals surface area contributed by atoms with Crippen molar-refractivity contribution >= 4 is 17.7 Å². The van der Waals surface area contributed by atoms with Crippen molar-refractivity contribution in [2.75, 3.05) is 5.32 Å². The van der Waals surface area contributed by atoms with Gasteiger partial charge in [0, 0.05) is 0 Å². The Bertz CT molecular complexity index is 567. The summed E-state index contributed by atoms with van der Waals surface area (Å²) < 4.78 is 1.34. The van der Waals surface area contributed by atoms with Gasteiger partial charge in [0.25, 0.3) is 0 Å². The summed E-state index contributed by atoms with van der Waals surface area (Å²) in [7, 11) is 0. The molecule has 0 radical (unpaired) electrons. The Morgan fingerprint density at radius 1 is 1.39 bits per heavy atom. The molecule has 0 bridgehead atoms. The third-order valence-electron chi connectivity index (χ3n) is 2.01. The van der Waals surface area contributed by atoms with Crippen LogP contribution in [0.2, 0.25) is 0 Å². The first-order chi connectivity index (χ1) is 8.65. The molecule has 2 aromatic heterocycles. The second-order valence-corrected chi connectivity index (χ2v) is 3.35. The van der Waals surface area contributed by atoms with Crippen LogP contribution in [0.5, 0.6) is 0 Å². The quantitative estimate of drug-likeness (QED) is 0.787. The fourth-order valence-corrected chi connectivity index (χ4v) is 1.27. The number of aromatic nitrogens is 4. The molecule has 2 heterocycles. The zero-order chi connectivity index (χ0) is 13.0. The molecule has 0 aliphatic carbocycles.